The highest BCUT2D eigenvalue weighted by molar-refractivity contribution is 5.42. The quantitative estimate of drug-likeness (QED) is 0.262. The van der Waals surface area contributed by atoms with E-state index in [1.807, 2.05) is 0 Å². The molecular weight excluding hydrogens is 442 g/mol. The Morgan fingerprint density at radius 3 is 1.47 bits per heavy atom. The van der Waals surface area contributed by atoms with Gasteiger partial charge in [-0.15, -0.1) is 0 Å². The van der Waals surface area contributed by atoms with Crippen LogP contribution in [0.1, 0.15) is 11.1 Å². The van der Waals surface area contributed by atoms with Gasteiger partial charge in [-0.05, 0) is 12.1 Å². The molecule has 0 atom stereocenters. The van der Waals surface area contributed by atoms with Gasteiger partial charge in [0.25, 0.3) is 5.69 Å². The molecule has 0 aromatic heterocycles. The van der Waals surface area contributed by atoms with Crippen LogP contribution in [0.15, 0.2) is 48.5 Å². The zero-order valence-corrected chi connectivity index (χ0v) is 14.2. The topological polar surface area (TPSA) is 69.2 Å². The van der Waals surface area contributed by atoms with Crippen LogP contribution >= 0.6 is 0 Å². The van der Waals surface area contributed by atoms with Gasteiger partial charge in [-0.3, -0.25) is 10.1 Å². The maximum absolute atomic E-state index is 12.8. The number of hydrogen-bond donors (Lipinski definition) is 1. The fourth-order valence-electron chi connectivity index (χ4n) is 1.88. The lowest BCUT2D eigenvalue weighted by molar-refractivity contribution is -0.385. The molecule has 0 fully saturated rings. The molecule has 0 saturated carbocycles. The van der Waals surface area contributed by atoms with E-state index in [2.05, 4.69) is 0 Å². The van der Waals surface area contributed by atoms with Crippen LogP contribution < -0.4 is 5.73 Å². The summed E-state index contributed by atoms with van der Waals surface area (Å²) >= 11 is 0. The summed E-state index contributed by atoms with van der Waals surface area (Å²) in [4.78, 5) is 9.16. The van der Waals surface area contributed by atoms with Gasteiger partial charge in [0.05, 0.1) is 4.92 Å². The second kappa shape index (κ2) is 8.36. The standard InChI is InChI=1S/C8H4F5NO2.C8H6F5N/c9-7(10,8(11,12)13)5-2-1-3-6(4-5)14(15)16;9-7(10,8(11,12)13)5-2-1-3-6(14)4-5/h1-4H;1-4H,14H2. The molecule has 0 amide bonds. The van der Waals surface area contributed by atoms with Crippen molar-refractivity contribution in [3.8, 4) is 0 Å². The minimum atomic E-state index is -5.78. The Hall–Kier alpha value is -3.06. The van der Waals surface area contributed by atoms with Gasteiger partial charge in [-0.25, -0.2) is 0 Å². The molecular formula is C16H10F10N2O2. The molecule has 2 rings (SSSR count). The summed E-state index contributed by atoms with van der Waals surface area (Å²) < 4.78 is 122. The van der Waals surface area contributed by atoms with Crippen molar-refractivity contribution in [3.63, 3.8) is 0 Å². The lowest BCUT2D eigenvalue weighted by Gasteiger charge is -2.19. The van der Waals surface area contributed by atoms with Gasteiger partial charge in [-0.1, -0.05) is 24.3 Å². The molecule has 166 valence electrons. The summed E-state index contributed by atoms with van der Waals surface area (Å²) in [6.45, 7) is 0. The Morgan fingerprint density at radius 1 is 0.700 bits per heavy atom. The van der Waals surface area contributed by atoms with Crippen molar-refractivity contribution in [2.75, 3.05) is 5.73 Å². The van der Waals surface area contributed by atoms with Crippen molar-refractivity contribution in [2.45, 2.75) is 24.2 Å². The minimum absolute atomic E-state index is 0.133. The van der Waals surface area contributed by atoms with Crippen molar-refractivity contribution in [2.24, 2.45) is 0 Å². The van der Waals surface area contributed by atoms with Crippen LogP contribution in [-0.2, 0) is 11.8 Å². The predicted octanol–water partition coefficient (Wildman–Crippen LogP) is 6.17. The molecule has 2 N–H and O–H groups in total. The fourth-order valence-corrected chi connectivity index (χ4v) is 1.88. The average molecular weight is 452 g/mol. The lowest BCUT2D eigenvalue weighted by atomic mass is 10.1. The molecule has 0 aliphatic carbocycles. The first kappa shape index (κ1) is 25.0. The lowest BCUT2D eigenvalue weighted by Crippen LogP contribution is -2.33. The highest BCUT2D eigenvalue weighted by Gasteiger charge is 2.59. The van der Waals surface area contributed by atoms with Gasteiger partial charge in [-0.2, -0.15) is 43.9 Å². The van der Waals surface area contributed by atoms with Crippen molar-refractivity contribution < 1.29 is 48.8 Å². The molecule has 0 heterocycles. The molecule has 30 heavy (non-hydrogen) atoms. The molecule has 0 radical (unpaired) electrons. The molecule has 0 unspecified atom stereocenters. The van der Waals surface area contributed by atoms with Crippen molar-refractivity contribution >= 4 is 11.4 Å². The van der Waals surface area contributed by atoms with Crippen LogP contribution in [0.25, 0.3) is 0 Å². The van der Waals surface area contributed by atoms with E-state index >= 15 is 0 Å². The molecule has 0 bridgehead atoms. The molecule has 4 nitrogen and oxygen atoms in total. The molecule has 0 aliphatic rings. The number of halogens is 10. The first-order valence-electron chi connectivity index (χ1n) is 7.41. The maximum atomic E-state index is 12.8. The molecule has 2 aromatic carbocycles. The number of nitrogens with two attached hydrogens (primary N) is 1. The first-order valence-corrected chi connectivity index (χ1v) is 7.41. The fraction of sp³-hybridized carbons (Fsp3) is 0.250. The largest absolute Gasteiger partial charge is 0.458 e. The van der Waals surface area contributed by atoms with Gasteiger partial charge in [0, 0.05) is 28.9 Å². The van der Waals surface area contributed by atoms with Gasteiger partial charge in [0.15, 0.2) is 0 Å². The molecule has 0 spiro atoms. The molecule has 0 aliphatic heterocycles. The number of anilines is 1. The Balaban J connectivity index is 0.000000303. The molecule has 2 aromatic rings. The summed E-state index contributed by atoms with van der Waals surface area (Å²) in [6.07, 6.45) is -11.4. The van der Waals surface area contributed by atoms with Crippen molar-refractivity contribution in [3.05, 3.63) is 69.8 Å². The van der Waals surface area contributed by atoms with Crippen molar-refractivity contribution in [1.82, 2.24) is 0 Å². The van der Waals surface area contributed by atoms with Crippen LogP contribution in [0.3, 0.4) is 0 Å². The van der Waals surface area contributed by atoms with Gasteiger partial charge >= 0.3 is 24.2 Å². The summed E-state index contributed by atoms with van der Waals surface area (Å²) in [5, 5.41) is 10.2. The zero-order chi connectivity index (χ0) is 23.5. The number of alkyl halides is 10. The number of nitro groups is 1. The number of rotatable bonds is 3. The number of hydrogen-bond acceptors (Lipinski definition) is 3. The normalized spacial score (nSPS) is 12.7. The van der Waals surface area contributed by atoms with E-state index in [9.17, 15) is 54.0 Å². The van der Waals surface area contributed by atoms with Crippen LogP contribution in [-0.4, -0.2) is 17.3 Å². The van der Waals surface area contributed by atoms with E-state index in [1.165, 1.54) is 6.07 Å². The Kier molecular flexibility index (Phi) is 6.96. The van der Waals surface area contributed by atoms with Gasteiger partial charge in [0.1, 0.15) is 0 Å². The SMILES string of the molecule is Nc1cccc(C(F)(F)C(F)(F)F)c1.O=[N+]([O-])c1cccc(C(F)(F)C(F)(F)F)c1. The zero-order valence-electron chi connectivity index (χ0n) is 14.2. The molecule has 14 heteroatoms. The first-order chi connectivity index (χ1) is 13.4. The number of nitrogen functional groups attached to an aromatic ring is 1. The second-order valence-electron chi connectivity index (χ2n) is 5.58. The Labute approximate surface area is 161 Å². The van der Waals surface area contributed by atoms with E-state index in [0.29, 0.717) is 18.2 Å². The third-order valence-corrected chi connectivity index (χ3v) is 3.38. The van der Waals surface area contributed by atoms with Crippen LogP contribution in [0.4, 0.5) is 55.3 Å². The average Bonchev–Trinajstić information content (AvgIpc) is 2.60. The molecule has 0 saturated heterocycles. The monoisotopic (exact) mass is 452 g/mol. The van der Waals surface area contributed by atoms with E-state index in [0.717, 1.165) is 18.2 Å². The highest BCUT2D eigenvalue weighted by atomic mass is 19.4. The summed E-state index contributed by atoms with van der Waals surface area (Å²) in [5.41, 5.74) is 1.55. The van der Waals surface area contributed by atoms with Crippen LogP contribution in [0.5, 0.6) is 0 Å². The summed E-state index contributed by atoms with van der Waals surface area (Å²) in [5.74, 6) is -9.96. The minimum Gasteiger partial charge on any atom is -0.399 e. The number of nitro benzene ring substituents is 1. The third kappa shape index (κ3) is 5.51. The number of nitrogens with zero attached hydrogens (tertiary/aromatic N) is 1. The van der Waals surface area contributed by atoms with E-state index in [-0.39, 0.29) is 11.8 Å². The summed E-state index contributed by atoms with van der Waals surface area (Å²) in [6, 6.07) is 5.86. The van der Waals surface area contributed by atoms with Crippen LogP contribution in [0, 0.1) is 10.1 Å². The maximum Gasteiger partial charge on any atom is 0.458 e. The summed E-state index contributed by atoms with van der Waals surface area (Å²) in [7, 11) is 0. The van der Waals surface area contributed by atoms with Gasteiger partial charge in [0.2, 0.25) is 0 Å². The van der Waals surface area contributed by atoms with E-state index in [4.69, 9.17) is 5.73 Å². The van der Waals surface area contributed by atoms with E-state index < -0.39 is 45.9 Å². The third-order valence-electron chi connectivity index (χ3n) is 3.38. The Bertz CT molecular complexity index is 894. The number of benzene rings is 2. The number of non-ortho nitro benzene ring substituents is 1. The smallest absolute Gasteiger partial charge is 0.399 e. The van der Waals surface area contributed by atoms with Crippen molar-refractivity contribution in [1.29, 1.82) is 0 Å². The second-order valence-corrected chi connectivity index (χ2v) is 5.58. The highest BCUT2D eigenvalue weighted by Crippen LogP contribution is 2.45. The van der Waals surface area contributed by atoms with E-state index in [1.54, 1.807) is 0 Å². The predicted molar refractivity (Wildman–Crippen MR) is 83.8 cm³/mol. The van der Waals surface area contributed by atoms with Crippen LogP contribution in [0.2, 0.25) is 0 Å². The Morgan fingerprint density at radius 2 is 1.10 bits per heavy atom. The van der Waals surface area contributed by atoms with Gasteiger partial charge < -0.3 is 5.73 Å².